The molecule has 0 unspecified atom stereocenters. The van der Waals surface area contributed by atoms with Gasteiger partial charge in [0.2, 0.25) is 0 Å². The first-order chi connectivity index (χ1) is 6.40. The summed E-state index contributed by atoms with van der Waals surface area (Å²) in [4.78, 5) is 4.43. The number of anilines is 1. The first-order valence-electron chi connectivity index (χ1n) is 5.04. The molecule has 1 saturated carbocycles. The summed E-state index contributed by atoms with van der Waals surface area (Å²) in [6.45, 7) is 0. The maximum atomic E-state index is 4.43. The second kappa shape index (κ2) is 3.77. The van der Waals surface area contributed by atoms with E-state index in [0.29, 0.717) is 5.92 Å². The molecule has 13 heavy (non-hydrogen) atoms. The van der Waals surface area contributed by atoms with Crippen LogP contribution in [0.3, 0.4) is 0 Å². The van der Waals surface area contributed by atoms with Crippen LogP contribution in [0.2, 0.25) is 0 Å². The van der Waals surface area contributed by atoms with Crippen molar-refractivity contribution in [2.24, 2.45) is 0 Å². The van der Waals surface area contributed by atoms with Crippen LogP contribution in [0.1, 0.15) is 37.3 Å². The fraction of sp³-hybridized carbons (Fsp3) is 0.545. The van der Waals surface area contributed by atoms with Crippen LogP contribution in [-0.2, 0) is 0 Å². The second-order valence-corrected chi connectivity index (χ2v) is 3.70. The maximum Gasteiger partial charge on any atom is 0.0455 e. The van der Waals surface area contributed by atoms with E-state index in [-0.39, 0.29) is 0 Å². The van der Waals surface area contributed by atoms with Crippen LogP contribution in [0.25, 0.3) is 0 Å². The van der Waals surface area contributed by atoms with Crippen molar-refractivity contribution in [2.75, 3.05) is 12.4 Å². The average molecular weight is 176 g/mol. The van der Waals surface area contributed by atoms with Gasteiger partial charge in [0.25, 0.3) is 0 Å². The molecule has 1 aliphatic rings. The lowest BCUT2D eigenvalue weighted by Crippen LogP contribution is -1.97. The Labute approximate surface area is 79.4 Å². The molecule has 1 N–H and O–H groups in total. The van der Waals surface area contributed by atoms with Crippen LogP contribution in [0.4, 0.5) is 5.69 Å². The van der Waals surface area contributed by atoms with Gasteiger partial charge in [-0.15, -0.1) is 0 Å². The van der Waals surface area contributed by atoms with Crippen LogP contribution in [0, 0.1) is 0 Å². The SMILES string of the molecule is CNc1ccnc(C2CCCC2)c1. The standard InChI is InChI=1S/C11H16N2/c1-12-10-6-7-13-11(8-10)9-4-2-3-5-9/h6-9H,2-5H2,1H3,(H,12,13). The zero-order valence-corrected chi connectivity index (χ0v) is 8.09. The van der Waals surface area contributed by atoms with E-state index in [9.17, 15) is 0 Å². The Bertz CT molecular complexity index is 277. The van der Waals surface area contributed by atoms with Crippen molar-refractivity contribution in [3.63, 3.8) is 0 Å². The van der Waals surface area contributed by atoms with E-state index in [1.54, 1.807) is 0 Å². The molecule has 1 fully saturated rings. The Balaban J connectivity index is 2.18. The van der Waals surface area contributed by atoms with E-state index in [0.717, 1.165) is 0 Å². The number of nitrogens with zero attached hydrogens (tertiary/aromatic N) is 1. The first kappa shape index (κ1) is 8.54. The van der Waals surface area contributed by atoms with Gasteiger partial charge < -0.3 is 5.32 Å². The quantitative estimate of drug-likeness (QED) is 0.749. The van der Waals surface area contributed by atoms with Gasteiger partial charge in [-0.05, 0) is 25.0 Å². The third-order valence-electron chi connectivity index (χ3n) is 2.84. The summed E-state index contributed by atoms with van der Waals surface area (Å²) in [5.41, 5.74) is 2.45. The molecule has 0 atom stereocenters. The largest absolute Gasteiger partial charge is 0.388 e. The summed E-state index contributed by atoms with van der Waals surface area (Å²) in [6.07, 6.45) is 7.28. The van der Waals surface area contributed by atoms with Crippen molar-refractivity contribution in [3.8, 4) is 0 Å². The van der Waals surface area contributed by atoms with Crippen LogP contribution < -0.4 is 5.32 Å². The number of hydrogen-bond acceptors (Lipinski definition) is 2. The molecule has 1 aromatic heterocycles. The minimum atomic E-state index is 0.716. The molecule has 2 heteroatoms. The van der Waals surface area contributed by atoms with Gasteiger partial charge in [-0.1, -0.05) is 12.8 Å². The van der Waals surface area contributed by atoms with Crippen molar-refractivity contribution >= 4 is 5.69 Å². The molecule has 1 heterocycles. The Morgan fingerprint density at radius 3 is 2.85 bits per heavy atom. The van der Waals surface area contributed by atoms with Gasteiger partial charge in [-0.3, -0.25) is 4.98 Å². The number of rotatable bonds is 2. The van der Waals surface area contributed by atoms with Crippen molar-refractivity contribution in [3.05, 3.63) is 24.0 Å². The predicted octanol–water partition coefficient (Wildman–Crippen LogP) is 2.78. The van der Waals surface area contributed by atoms with Crippen LogP contribution in [0.15, 0.2) is 18.3 Å². The lowest BCUT2D eigenvalue weighted by Gasteiger charge is -2.09. The average Bonchev–Trinajstić information content (AvgIpc) is 2.71. The minimum Gasteiger partial charge on any atom is -0.388 e. The van der Waals surface area contributed by atoms with Crippen molar-refractivity contribution in [1.82, 2.24) is 4.98 Å². The highest BCUT2D eigenvalue weighted by Gasteiger charge is 2.17. The molecular weight excluding hydrogens is 160 g/mol. The number of hydrogen-bond donors (Lipinski definition) is 1. The molecule has 1 aromatic rings. The molecule has 0 radical (unpaired) electrons. The molecule has 2 nitrogen and oxygen atoms in total. The van der Waals surface area contributed by atoms with Crippen molar-refractivity contribution in [2.45, 2.75) is 31.6 Å². The zero-order chi connectivity index (χ0) is 9.10. The molecule has 0 aromatic carbocycles. The highest BCUT2D eigenvalue weighted by molar-refractivity contribution is 5.43. The Hall–Kier alpha value is -1.05. The van der Waals surface area contributed by atoms with E-state index >= 15 is 0 Å². The Morgan fingerprint density at radius 2 is 2.15 bits per heavy atom. The molecule has 70 valence electrons. The highest BCUT2D eigenvalue weighted by atomic mass is 14.8. The second-order valence-electron chi connectivity index (χ2n) is 3.70. The molecule has 0 aliphatic heterocycles. The third-order valence-corrected chi connectivity index (χ3v) is 2.84. The normalized spacial score (nSPS) is 17.6. The molecule has 0 amide bonds. The first-order valence-corrected chi connectivity index (χ1v) is 5.04. The molecule has 0 saturated heterocycles. The smallest absolute Gasteiger partial charge is 0.0455 e. The van der Waals surface area contributed by atoms with Gasteiger partial charge in [-0.25, -0.2) is 0 Å². The van der Waals surface area contributed by atoms with Crippen LogP contribution in [-0.4, -0.2) is 12.0 Å². The Morgan fingerprint density at radius 1 is 1.38 bits per heavy atom. The van der Waals surface area contributed by atoms with Gasteiger partial charge >= 0.3 is 0 Å². The van der Waals surface area contributed by atoms with Crippen molar-refractivity contribution < 1.29 is 0 Å². The molecule has 0 bridgehead atoms. The number of aromatic nitrogens is 1. The van der Waals surface area contributed by atoms with E-state index < -0.39 is 0 Å². The van der Waals surface area contributed by atoms with Gasteiger partial charge in [0, 0.05) is 30.5 Å². The molecule has 0 spiro atoms. The monoisotopic (exact) mass is 176 g/mol. The van der Waals surface area contributed by atoms with Crippen molar-refractivity contribution in [1.29, 1.82) is 0 Å². The maximum absolute atomic E-state index is 4.43. The Kier molecular flexibility index (Phi) is 2.48. The summed E-state index contributed by atoms with van der Waals surface area (Å²) >= 11 is 0. The van der Waals surface area contributed by atoms with Gasteiger partial charge in [0.15, 0.2) is 0 Å². The van der Waals surface area contributed by atoms with Crippen LogP contribution >= 0.6 is 0 Å². The number of nitrogens with one attached hydrogen (secondary N) is 1. The van der Waals surface area contributed by atoms with E-state index in [4.69, 9.17) is 0 Å². The van der Waals surface area contributed by atoms with Gasteiger partial charge in [0.1, 0.15) is 0 Å². The fourth-order valence-electron chi connectivity index (χ4n) is 2.05. The fourth-order valence-corrected chi connectivity index (χ4v) is 2.05. The topological polar surface area (TPSA) is 24.9 Å². The van der Waals surface area contributed by atoms with Gasteiger partial charge in [-0.2, -0.15) is 0 Å². The molecule has 2 rings (SSSR count). The van der Waals surface area contributed by atoms with E-state index in [1.165, 1.54) is 37.1 Å². The van der Waals surface area contributed by atoms with Gasteiger partial charge in [0.05, 0.1) is 0 Å². The summed E-state index contributed by atoms with van der Waals surface area (Å²) < 4.78 is 0. The lowest BCUT2D eigenvalue weighted by molar-refractivity contribution is 0.698. The summed E-state index contributed by atoms with van der Waals surface area (Å²) in [6, 6.07) is 4.19. The highest BCUT2D eigenvalue weighted by Crippen LogP contribution is 2.33. The number of pyridine rings is 1. The lowest BCUT2D eigenvalue weighted by atomic mass is 10.0. The van der Waals surface area contributed by atoms with E-state index in [2.05, 4.69) is 16.4 Å². The summed E-state index contributed by atoms with van der Waals surface area (Å²) in [5, 5.41) is 3.15. The van der Waals surface area contributed by atoms with Crippen LogP contribution in [0.5, 0.6) is 0 Å². The van der Waals surface area contributed by atoms with E-state index in [1.807, 2.05) is 19.3 Å². The zero-order valence-electron chi connectivity index (χ0n) is 8.09. The summed E-state index contributed by atoms with van der Waals surface area (Å²) in [5.74, 6) is 0.716. The molecule has 1 aliphatic carbocycles. The molecular formula is C11H16N2. The summed E-state index contributed by atoms with van der Waals surface area (Å²) in [7, 11) is 1.95. The predicted molar refractivity (Wildman–Crippen MR) is 55.0 cm³/mol. The minimum absolute atomic E-state index is 0.716. The third kappa shape index (κ3) is 1.82.